The number of benzene rings is 1. The number of piperazine rings is 1. The van der Waals surface area contributed by atoms with E-state index in [-0.39, 0.29) is 17.2 Å². The van der Waals surface area contributed by atoms with E-state index in [1.807, 2.05) is 44.2 Å². The predicted octanol–water partition coefficient (Wildman–Crippen LogP) is 5.12. The average molecular weight is 531 g/mol. The van der Waals surface area contributed by atoms with Gasteiger partial charge >= 0.3 is 0 Å². The molecule has 9 heteroatoms. The lowest BCUT2D eigenvalue weighted by Gasteiger charge is -2.46. The van der Waals surface area contributed by atoms with Crippen molar-refractivity contribution in [2.24, 2.45) is 0 Å². The Morgan fingerprint density at radius 1 is 0.974 bits per heavy atom. The van der Waals surface area contributed by atoms with Gasteiger partial charge in [-0.3, -0.25) is 14.6 Å². The van der Waals surface area contributed by atoms with Crippen molar-refractivity contribution in [3.8, 4) is 11.3 Å². The highest BCUT2D eigenvalue weighted by atomic mass is 35.5. The van der Waals surface area contributed by atoms with E-state index < -0.39 is 5.54 Å². The molecule has 0 spiro atoms. The molecule has 1 aliphatic heterocycles. The van der Waals surface area contributed by atoms with E-state index in [0.717, 1.165) is 16.8 Å². The van der Waals surface area contributed by atoms with Crippen molar-refractivity contribution in [1.29, 1.82) is 0 Å². The van der Waals surface area contributed by atoms with Crippen LogP contribution in [0.4, 0.5) is 0 Å². The quantitative estimate of drug-likeness (QED) is 0.367. The molecule has 196 valence electrons. The molecule has 0 bridgehead atoms. The second-order valence-corrected chi connectivity index (χ2v) is 11.7. The number of carbonyl (C=O) groups excluding carboxylic acids is 2. The zero-order valence-electron chi connectivity index (χ0n) is 22.3. The van der Waals surface area contributed by atoms with Gasteiger partial charge in [-0.25, -0.2) is 9.50 Å². The smallest absolute Gasteiger partial charge is 0.274 e. The van der Waals surface area contributed by atoms with Crippen LogP contribution in [0.25, 0.3) is 16.9 Å². The maximum Gasteiger partial charge on any atom is 0.274 e. The number of rotatable bonds is 3. The van der Waals surface area contributed by atoms with Crippen LogP contribution in [0.1, 0.15) is 61.2 Å². The number of hydrogen-bond donors (Lipinski definition) is 0. The monoisotopic (exact) mass is 530 g/mol. The summed E-state index contributed by atoms with van der Waals surface area (Å²) >= 11 is 6.09. The summed E-state index contributed by atoms with van der Waals surface area (Å²) in [6, 6.07) is 14.9. The van der Waals surface area contributed by atoms with Crippen molar-refractivity contribution in [2.45, 2.75) is 45.6 Å². The zero-order chi connectivity index (χ0) is 27.2. The van der Waals surface area contributed by atoms with Crippen LogP contribution in [0.5, 0.6) is 0 Å². The number of hydrogen-bond acceptors (Lipinski definition) is 5. The third kappa shape index (κ3) is 4.88. The molecule has 1 aliphatic rings. The first kappa shape index (κ1) is 25.9. The van der Waals surface area contributed by atoms with Gasteiger partial charge in [0, 0.05) is 42.0 Å². The third-order valence-corrected chi connectivity index (χ3v) is 7.16. The summed E-state index contributed by atoms with van der Waals surface area (Å²) in [5, 5.41) is 5.44. The van der Waals surface area contributed by atoms with Gasteiger partial charge in [0.25, 0.3) is 11.8 Å². The first-order valence-corrected chi connectivity index (χ1v) is 13.0. The van der Waals surface area contributed by atoms with Crippen LogP contribution in [-0.4, -0.2) is 66.4 Å². The SMILES string of the molecule is CC(C)(C)c1cc(-c2ccc(Cl)cc2)nn2cc(C(=O)N3CCN(C(=O)c4ccccn4)CC3(C)C)nc12. The van der Waals surface area contributed by atoms with E-state index in [0.29, 0.717) is 41.7 Å². The minimum Gasteiger partial charge on any atom is -0.333 e. The number of pyridine rings is 1. The van der Waals surface area contributed by atoms with Gasteiger partial charge in [-0.1, -0.05) is 50.6 Å². The summed E-state index contributed by atoms with van der Waals surface area (Å²) in [6.07, 6.45) is 3.31. The molecule has 38 heavy (non-hydrogen) atoms. The van der Waals surface area contributed by atoms with Gasteiger partial charge in [0.2, 0.25) is 0 Å². The third-order valence-electron chi connectivity index (χ3n) is 6.91. The Morgan fingerprint density at radius 3 is 2.34 bits per heavy atom. The number of fused-ring (bicyclic) bond motifs is 1. The lowest BCUT2D eigenvalue weighted by atomic mass is 9.87. The summed E-state index contributed by atoms with van der Waals surface area (Å²) in [7, 11) is 0. The maximum atomic E-state index is 13.8. The van der Waals surface area contributed by atoms with E-state index in [1.54, 1.807) is 44.9 Å². The Kier molecular flexibility index (Phi) is 6.47. The van der Waals surface area contributed by atoms with Crippen molar-refractivity contribution in [2.75, 3.05) is 19.6 Å². The molecule has 0 radical (unpaired) electrons. The summed E-state index contributed by atoms with van der Waals surface area (Å²) in [4.78, 5) is 39.3. The highest BCUT2D eigenvalue weighted by molar-refractivity contribution is 6.30. The topological polar surface area (TPSA) is 83.7 Å². The van der Waals surface area contributed by atoms with Crippen LogP contribution in [0.3, 0.4) is 0 Å². The van der Waals surface area contributed by atoms with Crippen molar-refractivity contribution in [3.63, 3.8) is 0 Å². The summed E-state index contributed by atoms with van der Waals surface area (Å²) in [5.41, 5.74) is 3.25. The normalized spacial score (nSPS) is 15.6. The second-order valence-electron chi connectivity index (χ2n) is 11.3. The molecule has 0 unspecified atom stereocenters. The molecule has 0 N–H and O–H groups in total. The molecule has 1 aromatic carbocycles. The van der Waals surface area contributed by atoms with E-state index >= 15 is 0 Å². The highest BCUT2D eigenvalue weighted by Crippen LogP contribution is 2.31. The second kappa shape index (κ2) is 9.51. The van der Waals surface area contributed by atoms with Crippen molar-refractivity contribution < 1.29 is 9.59 Å². The van der Waals surface area contributed by atoms with Gasteiger partial charge in [0.05, 0.1) is 17.4 Å². The summed E-state index contributed by atoms with van der Waals surface area (Å²) in [5.74, 6) is -0.314. The average Bonchev–Trinajstić information content (AvgIpc) is 3.31. The van der Waals surface area contributed by atoms with Gasteiger partial charge < -0.3 is 9.80 Å². The van der Waals surface area contributed by atoms with Gasteiger partial charge in [-0.2, -0.15) is 5.10 Å². The fraction of sp³-hybridized carbons (Fsp3) is 0.345. The number of carbonyl (C=O) groups is 2. The zero-order valence-corrected chi connectivity index (χ0v) is 23.0. The minimum atomic E-state index is -0.593. The summed E-state index contributed by atoms with van der Waals surface area (Å²) < 4.78 is 1.70. The lowest BCUT2D eigenvalue weighted by molar-refractivity contribution is 0.0163. The Morgan fingerprint density at radius 2 is 1.71 bits per heavy atom. The van der Waals surface area contributed by atoms with Crippen LogP contribution >= 0.6 is 11.6 Å². The largest absolute Gasteiger partial charge is 0.333 e. The number of nitrogens with zero attached hydrogens (tertiary/aromatic N) is 6. The van der Waals surface area contributed by atoms with Crippen LogP contribution < -0.4 is 0 Å². The van der Waals surface area contributed by atoms with Crippen LogP contribution in [0, 0.1) is 0 Å². The number of aromatic nitrogens is 4. The van der Waals surface area contributed by atoms with Crippen molar-refractivity contribution in [1.82, 2.24) is 29.4 Å². The molecule has 0 saturated carbocycles. The molecule has 1 saturated heterocycles. The maximum absolute atomic E-state index is 13.8. The number of amides is 2. The van der Waals surface area contributed by atoms with E-state index in [4.69, 9.17) is 21.7 Å². The van der Waals surface area contributed by atoms with Gasteiger partial charge in [0.15, 0.2) is 5.65 Å². The first-order valence-electron chi connectivity index (χ1n) is 12.6. The molecule has 5 rings (SSSR count). The Hall–Kier alpha value is -3.78. The standard InChI is InChI=1S/C29H31ClN6O2/c1-28(2,3)21-16-23(19-9-11-20(30)12-10-19)33-36-17-24(32-25(21)36)27(38)35-15-14-34(18-29(35,4)5)26(37)22-8-6-7-13-31-22/h6-13,16-17H,14-15,18H2,1-5H3. The highest BCUT2D eigenvalue weighted by Gasteiger charge is 2.40. The lowest BCUT2D eigenvalue weighted by Crippen LogP contribution is -2.62. The molecular weight excluding hydrogens is 500 g/mol. The molecular formula is C29H31ClN6O2. The molecule has 4 aromatic rings. The molecule has 8 nitrogen and oxygen atoms in total. The molecule has 0 atom stereocenters. The Bertz CT molecular complexity index is 1510. The van der Waals surface area contributed by atoms with Gasteiger partial charge in [-0.05, 0) is 49.6 Å². The van der Waals surface area contributed by atoms with Gasteiger partial charge in [0.1, 0.15) is 11.4 Å². The molecule has 3 aromatic heterocycles. The van der Waals surface area contributed by atoms with Crippen molar-refractivity contribution in [3.05, 3.63) is 82.9 Å². The van der Waals surface area contributed by atoms with Crippen LogP contribution in [-0.2, 0) is 5.41 Å². The summed E-state index contributed by atoms with van der Waals surface area (Å²) in [6.45, 7) is 11.5. The predicted molar refractivity (Wildman–Crippen MR) is 147 cm³/mol. The molecule has 0 aliphatic carbocycles. The number of halogens is 1. The number of imidazole rings is 1. The first-order chi connectivity index (χ1) is 17.9. The fourth-order valence-corrected chi connectivity index (χ4v) is 5.01. The van der Waals surface area contributed by atoms with E-state index in [2.05, 4.69) is 25.8 Å². The molecule has 4 heterocycles. The van der Waals surface area contributed by atoms with E-state index in [1.165, 1.54) is 0 Å². The van der Waals surface area contributed by atoms with Crippen LogP contribution in [0.2, 0.25) is 5.02 Å². The van der Waals surface area contributed by atoms with E-state index in [9.17, 15) is 9.59 Å². The van der Waals surface area contributed by atoms with Crippen molar-refractivity contribution >= 4 is 29.1 Å². The fourth-order valence-electron chi connectivity index (χ4n) is 4.89. The Labute approximate surface area is 227 Å². The Balaban J connectivity index is 1.46. The molecule has 1 fully saturated rings. The minimum absolute atomic E-state index is 0.132. The molecule has 2 amide bonds. The van der Waals surface area contributed by atoms with Crippen LogP contribution in [0.15, 0.2) is 60.9 Å². The van der Waals surface area contributed by atoms with Gasteiger partial charge in [-0.15, -0.1) is 0 Å².